The molecule has 1 N–H and O–H groups in total. The number of nitrogens with one attached hydrogen (secondary N) is 1. The normalized spacial score (nSPS) is 10.7. The first-order valence-electron chi connectivity index (χ1n) is 6.98. The molecule has 0 saturated heterocycles. The molecule has 1 aromatic carbocycles. The van der Waals surface area contributed by atoms with Crippen LogP contribution in [0.2, 0.25) is 5.02 Å². The molecule has 0 spiro atoms. The van der Waals surface area contributed by atoms with Crippen LogP contribution in [0.25, 0.3) is 10.4 Å². The van der Waals surface area contributed by atoms with Crippen LogP contribution in [0.4, 0.5) is 4.39 Å². The number of thiophene rings is 1. The first-order chi connectivity index (χ1) is 11.1. The van der Waals surface area contributed by atoms with E-state index in [1.54, 1.807) is 23.9 Å². The van der Waals surface area contributed by atoms with Crippen LogP contribution in [0.1, 0.15) is 15.2 Å². The Labute approximate surface area is 141 Å². The van der Waals surface area contributed by atoms with Gasteiger partial charge in [0, 0.05) is 21.9 Å². The fraction of sp³-hybridized carbons (Fsp3) is 0.118. The second-order valence-electron chi connectivity index (χ2n) is 4.88. The van der Waals surface area contributed by atoms with Gasteiger partial charge in [0.2, 0.25) is 0 Å². The summed E-state index contributed by atoms with van der Waals surface area (Å²) in [6.45, 7) is 0.412. The summed E-state index contributed by atoms with van der Waals surface area (Å²) in [6, 6.07) is 10.1. The number of rotatable bonds is 5. The van der Waals surface area contributed by atoms with Gasteiger partial charge in [0.15, 0.2) is 0 Å². The maximum absolute atomic E-state index is 13.7. The Morgan fingerprint density at radius 1 is 1.26 bits per heavy atom. The minimum atomic E-state index is -0.617. The fourth-order valence-electron chi connectivity index (χ4n) is 2.17. The Bertz CT molecular complexity index is 794. The van der Waals surface area contributed by atoms with Crippen molar-refractivity contribution < 1.29 is 13.6 Å². The Balaban J connectivity index is 1.58. The average Bonchev–Trinajstić information content (AvgIpc) is 3.18. The summed E-state index contributed by atoms with van der Waals surface area (Å²) in [7, 11) is 0. The highest BCUT2D eigenvalue weighted by Gasteiger charge is 2.15. The second-order valence-corrected chi connectivity index (χ2v) is 6.46. The molecular weight excluding hydrogens is 337 g/mol. The zero-order valence-electron chi connectivity index (χ0n) is 12.0. The molecule has 0 aliphatic rings. The van der Waals surface area contributed by atoms with Gasteiger partial charge in [-0.1, -0.05) is 17.7 Å². The maximum atomic E-state index is 13.7. The molecule has 0 fully saturated rings. The largest absolute Gasteiger partial charge is 0.472 e. The van der Waals surface area contributed by atoms with E-state index in [9.17, 15) is 9.18 Å². The van der Waals surface area contributed by atoms with Gasteiger partial charge in [0.1, 0.15) is 5.82 Å². The predicted octanol–water partition coefficient (Wildman–Crippen LogP) is 4.77. The second kappa shape index (κ2) is 6.98. The first kappa shape index (κ1) is 15.8. The predicted molar refractivity (Wildman–Crippen MR) is 89.5 cm³/mol. The van der Waals surface area contributed by atoms with E-state index in [2.05, 4.69) is 5.32 Å². The molecule has 3 nitrogen and oxygen atoms in total. The quantitative estimate of drug-likeness (QED) is 0.720. The molecule has 3 rings (SSSR count). The van der Waals surface area contributed by atoms with Gasteiger partial charge in [0.25, 0.3) is 5.91 Å². The SMILES string of the molecule is O=C(NCCc1ccc(-c2ccoc2)s1)c1c(F)cccc1Cl. The van der Waals surface area contributed by atoms with Crippen molar-refractivity contribution in [1.82, 2.24) is 5.32 Å². The summed E-state index contributed by atoms with van der Waals surface area (Å²) < 4.78 is 18.7. The van der Waals surface area contributed by atoms with E-state index < -0.39 is 11.7 Å². The third-order valence-corrected chi connectivity index (χ3v) is 4.82. The zero-order chi connectivity index (χ0) is 16.2. The molecule has 0 bridgehead atoms. The Morgan fingerprint density at radius 3 is 2.87 bits per heavy atom. The maximum Gasteiger partial charge on any atom is 0.255 e. The van der Waals surface area contributed by atoms with E-state index in [-0.39, 0.29) is 10.6 Å². The monoisotopic (exact) mass is 349 g/mol. The summed E-state index contributed by atoms with van der Waals surface area (Å²) in [5.41, 5.74) is 0.919. The third-order valence-electron chi connectivity index (χ3n) is 3.31. The average molecular weight is 350 g/mol. The van der Waals surface area contributed by atoms with Crippen LogP contribution in [0, 0.1) is 5.82 Å². The molecule has 2 aromatic heterocycles. The van der Waals surface area contributed by atoms with Crippen molar-refractivity contribution in [2.75, 3.05) is 6.54 Å². The van der Waals surface area contributed by atoms with Crippen LogP contribution in [-0.2, 0) is 6.42 Å². The summed E-state index contributed by atoms with van der Waals surface area (Å²) in [5.74, 6) is -1.12. The highest BCUT2D eigenvalue weighted by Crippen LogP contribution is 2.28. The molecule has 1 amide bonds. The Morgan fingerprint density at radius 2 is 2.13 bits per heavy atom. The van der Waals surface area contributed by atoms with Crippen LogP contribution >= 0.6 is 22.9 Å². The van der Waals surface area contributed by atoms with E-state index >= 15 is 0 Å². The minimum absolute atomic E-state index is 0.112. The molecule has 0 radical (unpaired) electrons. The number of carbonyl (C=O) groups excluding carboxylic acids is 1. The van der Waals surface area contributed by atoms with E-state index in [1.165, 1.54) is 18.2 Å². The van der Waals surface area contributed by atoms with Gasteiger partial charge in [-0.3, -0.25) is 4.79 Å². The van der Waals surface area contributed by atoms with Crippen LogP contribution in [0.5, 0.6) is 0 Å². The van der Waals surface area contributed by atoms with Gasteiger partial charge >= 0.3 is 0 Å². The lowest BCUT2D eigenvalue weighted by Gasteiger charge is -2.07. The lowest BCUT2D eigenvalue weighted by molar-refractivity contribution is 0.0950. The fourth-order valence-corrected chi connectivity index (χ4v) is 3.42. The molecule has 0 unspecified atom stereocenters. The van der Waals surface area contributed by atoms with Crippen LogP contribution in [-0.4, -0.2) is 12.5 Å². The molecular formula is C17H13ClFNO2S. The lowest BCUT2D eigenvalue weighted by atomic mass is 10.2. The zero-order valence-corrected chi connectivity index (χ0v) is 13.6. The van der Waals surface area contributed by atoms with E-state index in [1.807, 2.05) is 18.2 Å². The van der Waals surface area contributed by atoms with E-state index in [4.69, 9.17) is 16.0 Å². The van der Waals surface area contributed by atoms with Crippen molar-refractivity contribution in [2.24, 2.45) is 0 Å². The Kier molecular flexibility index (Phi) is 4.79. The summed E-state index contributed by atoms with van der Waals surface area (Å²) in [4.78, 5) is 14.3. The van der Waals surface area contributed by atoms with Gasteiger partial charge in [-0.25, -0.2) is 4.39 Å². The summed E-state index contributed by atoms with van der Waals surface area (Å²) in [6.07, 6.45) is 3.99. The van der Waals surface area contributed by atoms with Crippen LogP contribution in [0.3, 0.4) is 0 Å². The van der Waals surface area contributed by atoms with Gasteiger partial charge in [-0.15, -0.1) is 11.3 Å². The highest BCUT2D eigenvalue weighted by molar-refractivity contribution is 7.15. The van der Waals surface area contributed by atoms with Crippen molar-refractivity contribution in [3.8, 4) is 10.4 Å². The van der Waals surface area contributed by atoms with E-state index in [0.717, 1.165) is 15.3 Å². The topological polar surface area (TPSA) is 42.2 Å². The van der Waals surface area contributed by atoms with Crippen molar-refractivity contribution in [1.29, 1.82) is 0 Å². The number of hydrogen-bond donors (Lipinski definition) is 1. The molecule has 118 valence electrons. The van der Waals surface area contributed by atoms with Crippen LogP contribution < -0.4 is 5.32 Å². The van der Waals surface area contributed by atoms with Gasteiger partial charge in [-0.05, 0) is 36.8 Å². The summed E-state index contributed by atoms with van der Waals surface area (Å²) >= 11 is 7.51. The first-order valence-corrected chi connectivity index (χ1v) is 8.18. The number of hydrogen-bond acceptors (Lipinski definition) is 3. The number of amides is 1. The van der Waals surface area contributed by atoms with Gasteiger partial charge in [-0.2, -0.15) is 0 Å². The van der Waals surface area contributed by atoms with Crippen molar-refractivity contribution in [3.63, 3.8) is 0 Å². The van der Waals surface area contributed by atoms with Crippen molar-refractivity contribution in [3.05, 3.63) is 70.2 Å². The molecule has 0 saturated carbocycles. The lowest BCUT2D eigenvalue weighted by Crippen LogP contribution is -2.26. The number of carbonyl (C=O) groups is 1. The minimum Gasteiger partial charge on any atom is -0.472 e. The molecule has 23 heavy (non-hydrogen) atoms. The highest BCUT2D eigenvalue weighted by atomic mass is 35.5. The third kappa shape index (κ3) is 3.63. The standard InChI is InChI=1S/C17H13ClFNO2S/c18-13-2-1-3-14(19)16(13)17(21)20-8-6-12-4-5-15(23-12)11-7-9-22-10-11/h1-5,7,9-10H,6,8H2,(H,20,21). The van der Waals surface area contributed by atoms with Crippen molar-refractivity contribution in [2.45, 2.75) is 6.42 Å². The number of halogens is 2. The number of benzene rings is 1. The van der Waals surface area contributed by atoms with Crippen molar-refractivity contribution >= 4 is 28.8 Å². The molecule has 0 atom stereocenters. The smallest absolute Gasteiger partial charge is 0.255 e. The summed E-state index contributed by atoms with van der Waals surface area (Å²) in [5, 5.41) is 2.81. The van der Waals surface area contributed by atoms with Crippen LogP contribution in [0.15, 0.2) is 53.3 Å². The molecule has 6 heteroatoms. The molecule has 2 heterocycles. The number of furan rings is 1. The van der Waals surface area contributed by atoms with E-state index in [0.29, 0.717) is 13.0 Å². The molecule has 3 aromatic rings. The Hall–Kier alpha value is -2.11. The van der Waals surface area contributed by atoms with Gasteiger partial charge in [0.05, 0.1) is 23.1 Å². The van der Waals surface area contributed by atoms with Gasteiger partial charge < -0.3 is 9.73 Å². The molecule has 0 aliphatic heterocycles. The molecule has 0 aliphatic carbocycles.